The molecule has 20 heavy (non-hydrogen) atoms. The predicted molar refractivity (Wildman–Crippen MR) is 80.2 cm³/mol. The average Bonchev–Trinajstić information content (AvgIpc) is 2.85. The first kappa shape index (κ1) is 15.5. The Morgan fingerprint density at radius 2 is 2.15 bits per heavy atom. The van der Waals surface area contributed by atoms with Crippen molar-refractivity contribution in [1.29, 1.82) is 0 Å². The van der Waals surface area contributed by atoms with Gasteiger partial charge < -0.3 is 4.74 Å². The van der Waals surface area contributed by atoms with Crippen LogP contribution in [0.5, 0.6) is 0 Å². The third kappa shape index (κ3) is 3.05. The molecule has 1 aromatic heterocycles. The fraction of sp³-hybridized carbons (Fsp3) is 0.800. The standard InChI is InChI=1S/C15H28N4O/c1-4-12-10-13(19(2)18-12)11-14(17-16)15(20-3)8-6-5-7-9-15/h10,14,17H,4-9,11,16H2,1-3H3. The molecule has 0 aromatic carbocycles. The molecule has 1 aliphatic rings. The average molecular weight is 280 g/mol. The third-order valence-corrected chi connectivity index (χ3v) is 4.75. The molecule has 1 aromatic rings. The molecule has 1 saturated carbocycles. The zero-order chi connectivity index (χ0) is 14.6. The number of methoxy groups -OCH3 is 1. The molecule has 5 heteroatoms. The minimum atomic E-state index is -0.135. The van der Waals surface area contributed by atoms with E-state index in [1.807, 2.05) is 18.8 Å². The Kier molecular flexibility index (Phi) is 5.18. The highest BCUT2D eigenvalue weighted by Crippen LogP contribution is 2.35. The Morgan fingerprint density at radius 3 is 2.65 bits per heavy atom. The molecular weight excluding hydrogens is 252 g/mol. The van der Waals surface area contributed by atoms with Crippen LogP contribution in [-0.4, -0.2) is 28.5 Å². The van der Waals surface area contributed by atoms with Crippen LogP contribution in [0.15, 0.2) is 6.07 Å². The molecule has 1 heterocycles. The second-order valence-corrected chi connectivity index (χ2v) is 5.86. The number of ether oxygens (including phenoxy) is 1. The van der Waals surface area contributed by atoms with Gasteiger partial charge in [-0.05, 0) is 25.3 Å². The Morgan fingerprint density at radius 1 is 1.45 bits per heavy atom. The van der Waals surface area contributed by atoms with Gasteiger partial charge in [-0.2, -0.15) is 5.10 Å². The number of nitrogens with two attached hydrogens (primary N) is 1. The lowest BCUT2D eigenvalue weighted by Gasteiger charge is -2.42. The number of hydrazine groups is 1. The summed E-state index contributed by atoms with van der Waals surface area (Å²) < 4.78 is 7.87. The molecule has 3 N–H and O–H groups in total. The summed E-state index contributed by atoms with van der Waals surface area (Å²) in [4.78, 5) is 0. The number of hydrogen-bond acceptors (Lipinski definition) is 4. The fourth-order valence-electron chi connectivity index (χ4n) is 3.39. The molecule has 0 amide bonds. The Bertz CT molecular complexity index is 424. The minimum Gasteiger partial charge on any atom is -0.377 e. The Hall–Kier alpha value is -0.910. The predicted octanol–water partition coefficient (Wildman–Crippen LogP) is 1.71. The molecule has 2 rings (SSSR count). The molecule has 0 aliphatic heterocycles. The number of rotatable bonds is 6. The molecule has 0 saturated heterocycles. The molecule has 1 atom stereocenters. The molecule has 5 nitrogen and oxygen atoms in total. The van der Waals surface area contributed by atoms with Crippen LogP contribution >= 0.6 is 0 Å². The van der Waals surface area contributed by atoms with Crippen molar-refractivity contribution in [2.75, 3.05) is 7.11 Å². The van der Waals surface area contributed by atoms with E-state index in [0.29, 0.717) is 0 Å². The second kappa shape index (κ2) is 6.70. The molecule has 1 fully saturated rings. The monoisotopic (exact) mass is 280 g/mol. The van der Waals surface area contributed by atoms with Gasteiger partial charge in [0.05, 0.1) is 17.3 Å². The smallest absolute Gasteiger partial charge is 0.0848 e. The van der Waals surface area contributed by atoms with E-state index in [4.69, 9.17) is 10.6 Å². The largest absolute Gasteiger partial charge is 0.377 e. The van der Waals surface area contributed by atoms with E-state index in [-0.39, 0.29) is 11.6 Å². The van der Waals surface area contributed by atoms with Crippen molar-refractivity contribution in [3.05, 3.63) is 17.5 Å². The minimum absolute atomic E-state index is 0.132. The van der Waals surface area contributed by atoms with Gasteiger partial charge in [-0.3, -0.25) is 16.0 Å². The highest BCUT2D eigenvalue weighted by Gasteiger charge is 2.40. The van der Waals surface area contributed by atoms with Gasteiger partial charge in [0.1, 0.15) is 0 Å². The Balaban J connectivity index is 2.16. The highest BCUT2D eigenvalue weighted by atomic mass is 16.5. The maximum atomic E-state index is 5.90. The van der Waals surface area contributed by atoms with Crippen molar-refractivity contribution in [3.63, 3.8) is 0 Å². The van der Waals surface area contributed by atoms with E-state index in [0.717, 1.165) is 31.4 Å². The first-order valence-electron chi connectivity index (χ1n) is 7.68. The first-order chi connectivity index (χ1) is 9.65. The van der Waals surface area contributed by atoms with E-state index in [1.54, 1.807) is 0 Å². The van der Waals surface area contributed by atoms with Crippen LogP contribution in [0, 0.1) is 0 Å². The number of nitrogens with zero attached hydrogens (tertiary/aromatic N) is 2. The summed E-state index contributed by atoms with van der Waals surface area (Å²) in [7, 11) is 3.82. The van der Waals surface area contributed by atoms with Crippen LogP contribution in [0.3, 0.4) is 0 Å². The molecule has 114 valence electrons. The first-order valence-corrected chi connectivity index (χ1v) is 7.68. The topological polar surface area (TPSA) is 65.1 Å². The highest BCUT2D eigenvalue weighted by molar-refractivity contribution is 5.13. The summed E-state index contributed by atoms with van der Waals surface area (Å²) in [5.41, 5.74) is 5.21. The molecular formula is C15H28N4O. The van der Waals surface area contributed by atoms with Crippen molar-refractivity contribution < 1.29 is 4.74 Å². The quantitative estimate of drug-likeness (QED) is 0.615. The molecule has 1 unspecified atom stereocenters. The van der Waals surface area contributed by atoms with E-state index in [1.165, 1.54) is 25.0 Å². The number of hydrogen-bond donors (Lipinski definition) is 2. The zero-order valence-electron chi connectivity index (χ0n) is 13.0. The van der Waals surface area contributed by atoms with Gasteiger partial charge >= 0.3 is 0 Å². The van der Waals surface area contributed by atoms with Crippen LogP contribution < -0.4 is 11.3 Å². The fourth-order valence-corrected chi connectivity index (χ4v) is 3.39. The summed E-state index contributed by atoms with van der Waals surface area (Å²) in [5.74, 6) is 5.84. The SMILES string of the molecule is CCc1cc(CC(NN)C2(OC)CCCCC2)n(C)n1. The number of aryl methyl sites for hydroxylation is 2. The van der Waals surface area contributed by atoms with Gasteiger partial charge in [-0.25, -0.2) is 0 Å². The van der Waals surface area contributed by atoms with Crippen molar-refractivity contribution in [2.45, 2.75) is 63.5 Å². The lowest BCUT2D eigenvalue weighted by Crippen LogP contribution is -2.56. The van der Waals surface area contributed by atoms with Crippen LogP contribution in [-0.2, 0) is 24.6 Å². The molecule has 1 aliphatic carbocycles. The number of nitrogens with one attached hydrogen (secondary N) is 1. The summed E-state index contributed by atoms with van der Waals surface area (Å²) in [6, 6.07) is 2.31. The summed E-state index contributed by atoms with van der Waals surface area (Å²) in [6.07, 6.45) is 7.72. The van der Waals surface area contributed by atoms with Gasteiger partial charge in [0.15, 0.2) is 0 Å². The number of aromatic nitrogens is 2. The zero-order valence-corrected chi connectivity index (χ0v) is 13.0. The van der Waals surface area contributed by atoms with Crippen LogP contribution in [0.4, 0.5) is 0 Å². The van der Waals surface area contributed by atoms with Gasteiger partial charge in [-0.15, -0.1) is 0 Å². The maximum absolute atomic E-state index is 5.90. The molecule has 0 radical (unpaired) electrons. The van der Waals surface area contributed by atoms with Crippen molar-refractivity contribution >= 4 is 0 Å². The summed E-state index contributed by atoms with van der Waals surface area (Å²) in [6.45, 7) is 2.13. The third-order valence-electron chi connectivity index (χ3n) is 4.75. The van der Waals surface area contributed by atoms with E-state index < -0.39 is 0 Å². The van der Waals surface area contributed by atoms with E-state index in [2.05, 4.69) is 23.5 Å². The van der Waals surface area contributed by atoms with E-state index in [9.17, 15) is 0 Å². The molecule has 0 bridgehead atoms. The van der Waals surface area contributed by atoms with Crippen molar-refractivity contribution in [2.24, 2.45) is 12.9 Å². The van der Waals surface area contributed by atoms with Gasteiger partial charge in [0.2, 0.25) is 0 Å². The van der Waals surface area contributed by atoms with Crippen LogP contribution in [0.2, 0.25) is 0 Å². The van der Waals surface area contributed by atoms with Crippen molar-refractivity contribution in [1.82, 2.24) is 15.2 Å². The lowest BCUT2D eigenvalue weighted by atomic mass is 9.78. The van der Waals surface area contributed by atoms with E-state index >= 15 is 0 Å². The van der Waals surface area contributed by atoms with Gasteiger partial charge in [0.25, 0.3) is 0 Å². The van der Waals surface area contributed by atoms with Crippen LogP contribution in [0.1, 0.15) is 50.4 Å². The second-order valence-electron chi connectivity index (χ2n) is 5.86. The van der Waals surface area contributed by atoms with Gasteiger partial charge in [-0.1, -0.05) is 26.2 Å². The Labute approximate surface area is 121 Å². The van der Waals surface area contributed by atoms with Gasteiger partial charge in [0, 0.05) is 26.3 Å². The lowest BCUT2D eigenvalue weighted by molar-refractivity contribution is -0.0677. The normalized spacial score (nSPS) is 20.0. The summed E-state index contributed by atoms with van der Waals surface area (Å²) >= 11 is 0. The summed E-state index contributed by atoms with van der Waals surface area (Å²) in [5, 5.41) is 4.52. The molecule has 0 spiro atoms. The van der Waals surface area contributed by atoms with Crippen molar-refractivity contribution in [3.8, 4) is 0 Å². The maximum Gasteiger partial charge on any atom is 0.0848 e. The van der Waals surface area contributed by atoms with Crippen LogP contribution in [0.25, 0.3) is 0 Å².